The van der Waals surface area contributed by atoms with Gasteiger partial charge in [0.25, 0.3) is 0 Å². The number of hydrogen-bond acceptors (Lipinski definition) is 4. The third-order valence-electron chi connectivity index (χ3n) is 3.14. The first kappa shape index (κ1) is 13.3. The van der Waals surface area contributed by atoms with E-state index in [4.69, 9.17) is 4.74 Å². The average molecular weight is 269 g/mol. The molecule has 0 N–H and O–H groups in total. The van der Waals surface area contributed by atoms with Crippen molar-refractivity contribution in [3.63, 3.8) is 0 Å². The molecule has 1 heterocycles. The lowest BCUT2D eigenvalue weighted by Gasteiger charge is -2.12. The summed E-state index contributed by atoms with van der Waals surface area (Å²) in [5.74, 6) is 1.20. The van der Waals surface area contributed by atoms with Gasteiger partial charge in [0.2, 0.25) is 0 Å². The van der Waals surface area contributed by atoms with Crippen molar-refractivity contribution in [3.05, 3.63) is 29.8 Å². The summed E-state index contributed by atoms with van der Waals surface area (Å²) in [6.45, 7) is 0. The molecule has 3 nitrogen and oxygen atoms in total. The first-order valence-corrected chi connectivity index (χ1v) is 7.03. The molecule has 0 amide bonds. The van der Waals surface area contributed by atoms with Crippen molar-refractivity contribution in [2.24, 2.45) is 5.41 Å². The zero-order chi connectivity index (χ0) is 13.0. The summed E-state index contributed by atoms with van der Waals surface area (Å²) in [6.07, 6.45) is 5.54. The normalized spacial score (nSPS) is 16.3. The first-order chi connectivity index (χ1) is 8.63. The summed E-state index contributed by atoms with van der Waals surface area (Å²) in [7, 11) is 1.42. The van der Waals surface area contributed by atoms with Gasteiger partial charge in [0.15, 0.2) is 0 Å². The van der Waals surface area contributed by atoms with Gasteiger partial charge in [-0.05, 0) is 35.6 Å². The van der Waals surface area contributed by atoms with Crippen molar-refractivity contribution in [1.29, 1.82) is 0 Å². The van der Waals surface area contributed by atoms with Crippen LogP contribution in [0.3, 0.4) is 0 Å². The Morgan fingerprint density at radius 2 is 2.33 bits per heavy atom. The number of ether oxygens (including phenoxy) is 1. The zero-order valence-electron chi connectivity index (χ0n) is 10.3. The number of aromatic nitrogens is 1. The van der Waals surface area contributed by atoms with Gasteiger partial charge in [0, 0.05) is 11.9 Å². The van der Waals surface area contributed by atoms with Crippen LogP contribution < -0.4 is 0 Å². The minimum atomic E-state index is -0.302. The van der Waals surface area contributed by atoms with Gasteiger partial charge in [0.1, 0.15) is 5.82 Å². The van der Waals surface area contributed by atoms with Gasteiger partial charge < -0.3 is 4.74 Å². The van der Waals surface area contributed by atoms with Gasteiger partial charge >= 0.3 is 5.97 Å². The van der Waals surface area contributed by atoms with Crippen LogP contribution in [-0.2, 0) is 15.3 Å². The molecule has 5 heteroatoms. The summed E-state index contributed by atoms with van der Waals surface area (Å²) in [6, 6.07) is 1.50. The molecule has 98 valence electrons. The largest absolute Gasteiger partial charge is 0.469 e. The molecule has 0 unspecified atom stereocenters. The molecule has 0 atom stereocenters. The molecule has 0 saturated heterocycles. The fourth-order valence-electron chi connectivity index (χ4n) is 1.85. The second-order valence-corrected chi connectivity index (χ2v) is 5.74. The molecule has 0 radical (unpaired) electrons. The van der Waals surface area contributed by atoms with E-state index in [-0.39, 0.29) is 17.2 Å². The second kappa shape index (κ2) is 5.69. The van der Waals surface area contributed by atoms with E-state index in [1.54, 1.807) is 18.0 Å². The molecule has 0 bridgehead atoms. The zero-order valence-corrected chi connectivity index (χ0v) is 11.1. The quantitative estimate of drug-likeness (QED) is 0.744. The Morgan fingerprint density at radius 1 is 1.56 bits per heavy atom. The van der Waals surface area contributed by atoms with Crippen LogP contribution in [0, 0.1) is 11.2 Å². The number of thioether (sulfide) groups is 1. The van der Waals surface area contributed by atoms with E-state index >= 15 is 0 Å². The average Bonchev–Trinajstić information content (AvgIpc) is 3.09. The van der Waals surface area contributed by atoms with Gasteiger partial charge in [-0.15, -0.1) is 0 Å². The Balaban J connectivity index is 1.77. The predicted molar refractivity (Wildman–Crippen MR) is 68.7 cm³/mol. The highest BCUT2D eigenvalue weighted by atomic mass is 32.2. The van der Waals surface area contributed by atoms with Crippen LogP contribution in [0.1, 0.15) is 24.8 Å². The molecule has 1 aromatic heterocycles. The van der Waals surface area contributed by atoms with Crippen LogP contribution in [0.25, 0.3) is 0 Å². The Labute approximate surface area is 110 Å². The SMILES string of the molecule is COC(=O)CC1(CSCc2cncc(F)c2)CC1. The Bertz CT molecular complexity index is 435. The number of esters is 1. The number of halogens is 1. The minimum absolute atomic E-state index is 0.124. The molecular formula is C13H16FNO2S. The minimum Gasteiger partial charge on any atom is -0.469 e. The van der Waals surface area contributed by atoms with E-state index in [2.05, 4.69) is 4.98 Å². The lowest BCUT2D eigenvalue weighted by atomic mass is 10.1. The van der Waals surface area contributed by atoms with E-state index in [1.807, 2.05) is 0 Å². The Hall–Kier alpha value is -1.10. The summed E-state index contributed by atoms with van der Waals surface area (Å²) < 4.78 is 17.6. The highest BCUT2D eigenvalue weighted by Gasteiger charge is 2.44. The second-order valence-electron chi connectivity index (χ2n) is 4.76. The third kappa shape index (κ3) is 3.70. The van der Waals surface area contributed by atoms with Gasteiger partial charge in [-0.1, -0.05) is 0 Å². The fraction of sp³-hybridized carbons (Fsp3) is 0.538. The van der Waals surface area contributed by atoms with Crippen molar-refractivity contribution in [1.82, 2.24) is 4.98 Å². The summed E-state index contributed by atoms with van der Waals surface area (Å²) >= 11 is 1.72. The maximum absolute atomic E-state index is 12.9. The highest BCUT2D eigenvalue weighted by Crippen LogP contribution is 2.51. The Kier molecular flexibility index (Phi) is 4.22. The summed E-state index contributed by atoms with van der Waals surface area (Å²) in [4.78, 5) is 15.1. The van der Waals surface area contributed by atoms with Crippen LogP contribution in [0.15, 0.2) is 18.5 Å². The molecule has 0 aromatic carbocycles. The van der Waals surface area contributed by atoms with E-state index in [9.17, 15) is 9.18 Å². The predicted octanol–water partition coefficient (Wildman–Crippen LogP) is 2.80. The van der Waals surface area contributed by atoms with Crippen molar-refractivity contribution >= 4 is 17.7 Å². The molecule has 18 heavy (non-hydrogen) atoms. The lowest BCUT2D eigenvalue weighted by Crippen LogP contribution is -2.13. The molecule has 1 aliphatic rings. The van der Waals surface area contributed by atoms with Crippen molar-refractivity contribution in [2.75, 3.05) is 12.9 Å². The van der Waals surface area contributed by atoms with E-state index in [0.717, 1.165) is 29.9 Å². The van der Waals surface area contributed by atoms with Crippen molar-refractivity contribution < 1.29 is 13.9 Å². The number of methoxy groups -OCH3 is 1. The Morgan fingerprint density at radius 3 is 2.94 bits per heavy atom. The molecule has 1 aliphatic carbocycles. The molecule has 1 saturated carbocycles. The van der Waals surface area contributed by atoms with Crippen LogP contribution in [0.4, 0.5) is 4.39 Å². The highest BCUT2D eigenvalue weighted by molar-refractivity contribution is 7.98. The smallest absolute Gasteiger partial charge is 0.306 e. The monoisotopic (exact) mass is 269 g/mol. The van der Waals surface area contributed by atoms with Gasteiger partial charge in [-0.25, -0.2) is 4.39 Å². The third-order valence-corrected chi connectivity index (χ3v) is 4.50. The molecule has 1 fully saturated rings. The van der Waals surface area contributed by atoms with Crippen LogP contribution in [0.5, 0.6) is 0 Å². The van der Waals surface area contributed by atoms with Crippen molar-refractivity contribution in [3.8, 4) is 0 Å². The standard InChI is InChI=1S/C13H16FNO2S/c1-17-12(16)5-13(2-3-13)9-18-8-10-4-11(14)7-15-6-10/h4,6-7H,2-3,5,8-9H2,1H3. The number of nitrogens with zero attached hydrogens (tertiary/aromatic N) is 1. The summed E-state index contributed by atoms with van der Waals surface area (Å²) in [5.41, 5.74) is 1.01. The van der Waals surface area contributed by atoms with E-state index < -0.39 is 0 Å². The molecule has 0 aliphatic heterocycles. The van der Waals surface area contributed by atoms with Gasteiger partial charge in [0.05, 0.1) is 19.7 Å². The fourth-order valence-corrected chi connectivity index (χ4v) is 3.17. The number of hydrogen-bond donors (Lipinski definition) is 0. The van der Waals surface area contributed by atoms with Crippen LogP contribution in [0.2, 0.25) is 0 Å². The summed E-state index contributed by atoms with van der Waals surface area (Å²) in [5, 5.41) is 0. The number of carbonyl (C=O) groups excluding carboxylic acids is 1. The van der Waals surface area contributed by atoms with E-state index in [0.29, 0.717) is 6.42 Å². The molecule has 1 aromatic rings. The van der Waals surface area contributed by atoms with Crippen molar-refractivity contribution in [2.45, 2.75) is 25.0 Å². The van der Waals surface area contributed by atoms with Gasteiger partial charge in [-0.3, -0.25) is 9.78 Å². The lowest BCUT2D eigenvalue weighted by molar-refractivity contribution is -0.141. The molecule has 2 rings (SSSR count). The van der Waals surface area contributed by atoms with Gasteiger partial charge in [-0.2, -0.15) is 11.8 Å². The molecule has 0 spiro atoms. The number of pyridine rings is 1. The topological polar surface area (TPSA) is 39.2 Å². The maximum atomic E-state index is 12.9. The first-order valence-electron chi connectivity index (χ1n) is 5.88. The van der Waals surface area contributed by atoms with E-state index in [1.165, 1.54) is 19.4 Å². The number of rotatable bonds is 6. The number of carbonyl (C=O) groups is 1. The van der Waals surface area contributed by atoms with Crippen LogP contribution in [-0.4, -0.2) is 23.8 Å². The van der Waals surface area contributed by atoms with Crippen LogP contribution >= 0.6 is 11.8 Å². The maximum Gasteiger partial charge on any atom is 0.306 e. The molecular weight excluding hydrogens is 253 g/mol.